The van der Waals surface area contributed by atoms with Gasteiger partial charge in [-0.2, -0.15) is 0 Å². The lowest BCUT2D eigenvalue weighted by molar-refractivity contribution is -0.0590. The van der Waals surface area contributed by atoms with Gasteiger partial charge in [-0.25, -0.2) is 4.98 Å². The molecule has 0 aromatic carbocycles. The molecule has 3 heterocycles. The fourth-order valence-corrected chi connectivity index (χ4v) is 2.94. The highest BCUT2D eigenvalue weighted by Gasteiger charge is 2.42. The number of rotatable bonds is 0. The van der Waals surface area contributed by atoms with Gasteiger partial charge in [-0.3, -0.25) is 0 Å². The highest BCUT2D eigenvalue weighted by molar-refractivity contribution is 6.30. The molecule has 2 aliphatic rings. The van der Waals surface area contributed by atoms with Crippen LogP contribution in [0.25, 0.3) is 0 Å². The number of ether oxygens (including phenoxy) is 1. The molecular weight excluding hydrogens is 212 g/mol. The van der Waals surface area contributed by atoms with E-state index in [2.05, 4.69) is 10.3 Å². The first kappa shape index (κ1) is 9.58. The van der Waals surface area contributed by atoms with Crippen LogP contribution in [0, 0.1) is 0 Å². The topological polar surface area (TPSA) is 34.2 Å². The third kappa shape index (κ3) is 1.38. The molecule has 1 saturated heterocycles. The first-order chi connectivity index (χ1) is 7.32. The molecular formula is C11H13ClN2O. The molecule has 1 aromatic rings. The molecule has 0 unspecified atom stereocenters. The van der Waals surface area contributed by atoms with Gasteiger partial charge in [-0.15, -0.1) is 0 Å². The van der Waals surface area contributed by atoms with Gasteiger partial charge in [0.05, 0.1) is 12.2 Å². The van der Waals surface area contributed by atoms with E-state index < -0.39 is 0 Å². The number of fused-ring (bicyclic) bond motifs is 2. The van der Waals surface area contributed by atoms with E-state index in [-0.39, 0.29) is 5.60 Å². The van der Waals surface area contributed by atoms with Gasteiger partial charge >= 0.3 is 0 Å². The Morgan fingerprint density at radius 2 is 2.20 bits per heavy atom. The van der Waals surface area contributed by atoms with E-state index in [1.165, 1.54) is 5.56 Å². The summed E-state index contributed by atoms with van der Waals surface area (Å²) in [4.78, 5) is 4.17. The highest BCUT2D eigenvalue weighted by atomic mass is 35.5. The lowest BCUT2D eigenvalue weighted by atomic mass is 9.85. The van der Waals surface area contributed by atoms with Crippen molar-refractivity contribution in [1.82, 2.24) is 10.3 Å². The Kier molecular flexibility index (Phi) is 2.20. The molecule has 0 bridgehead atoms. The van der Waals surface area contributed by atoms with E-state index in [0.29, 0.717) is 11.8 Å². The van der Waals surface area contributed by atoms with Crippen LogP contribution >= 0.6 is 11.6 Å². The van der Waals surface area contributed by atoms with Gasteiger partial charge in [0, 0.05) is 11.8 Å². The normalized spacial score (nSPS) is 23.0. The summed E-state index contributed by atoms with van der Waals surface area (Å²) in [7, 11) is 0. The Morgan fingerprint density at radius 3 is 3.00 bits per heavy atom. The second-order valence-electron chi connectivity index (χ2n) is 4.17. The predicted octanol–water partition coefficient (Wildman–Crippen LogP) is 1.84. The molecule has 80 valence electrons. The maximum atomic E-state index is 6.18. The molecule has 0 amide bonds. The monoisotopic (exact) mass is 224 g/mol. The number of nitrogens with zero attached hydrogens (tertiary/aromatic N) is 1. The highest BCUT2D eigenvalue weighted by Crippen LogP contribution is 2.45. The van der Waals surface area contributed by atoms with Crippen molar-refractivity contribution < 1.29 is 4.74 Å². The summed E-state index contributed by atoms with van der Waals surface area (Å²) in [5, 5.41) is 3.96. The van der Waals surface area contributed by atoms with Gasteiger partial charge in [0.15, 0.2) is 0 Å². The van der Waals surface area contributed by atoms with Crippen LogP contribution in [-0.2, 0) is 16.9 Å². The van der Waals surface area contributed by atoms with Crippen LogP contribution in [0.15, 0.2) is 12.3 Å². The lowest BCUT2D eigenvalue weighted by Gasteiger charge is -2.34. The molecule has 3 nitrogen and oxygen atoms in total. The fourth-order valence-electron chi connectivity index (χ4n) is 2.59. The molecule has 4 heteroatoms. The number of nitrogens with one attached hydrogen (secondary N) is 1. The minimum absolute atomic E-state index is 0.161. The number of pyridine rings is 1. The number of halogens is 1. The van der Waals surface area contributed by atoms with E-state index in [4.69, 9.17) is 16.3 Å². The lowest BCUT2D eigenvalue weighted by Crippen LogP contribution is -2.39. The minimum atomic E-state index is -0.161. The molecule has 1 spiro atoms. The van der Waals surface area contributed by atoms with Crippen molar-refractivity contribution in [3.05, 3.63) is 28.5 Å². The Morgan fingerprint density at radius 1 is 1.40 bits per heavy atom. The zero-order chi connectivity index (χ0) is 10.3. The van der Waals surface area contributed by atoms with Gasteiger partial charge in [-0.05, 0) is 37.6 Å². The first-order valence-electron chi connectivity index (χ1n) is 5.30. The van der Waals surface area contributed by atoms with Crippen LogP contribution in [0.2, 0.25) is 5.15 Å². The van der Waals surface area contributed by atoms with Gasteiger partial charge in [-0.1, -0.05) is 11.6 Å². The Balaban J connectivity index is 2.09. The standard InChI is InChI=1S/C11H13ClN2O/c12-10-9-8(1-4-14-10)7-15-11(9)2-5-13-6-3-11/h1,4,13H,2-3,5-7H2. The Labute approximate surface area is 93.8 Å². The average molecular weight is 225 g/mol. The third-order valence-corrected chi connectivity index (χ3v) is 3.65. The summed E-state index contributed by atoms with van der Waals surface area (Å²) in [5.74, 6) is 0. The summed E-state index contributed by atoms with van der Waals surface area (Å²) in [5.41, 5.74) is 2.18. The van der Waals surface area contributed by atoms with Gasteiger partial charge in [0.25, 0.3) is 0 Å². The molecule has 0 saturated carbocycles. The van der Waals surface area contributed by atoms with Crippen LogP contribution in [0.1, 0.15) is 24.0 Å². The van der Waals surface area contributed by atoms with Crippen LogP contribution in [0.5, 0.6) is 0 Å². The average Bonchev–Trinajstić information content (AvgIpc) is 2.60. The van der Waals surface area contributed by atoms with Crippen molar-refractivity contribution >= 4 is 11.6 Å². The number of hydrogen-bond acceptors (Lipinski definition) is 3. The quantitative estimate of drug-likeness (QED) is 0.683. The van der Waals surface area contributed by atoms with E-state index >= 15 is 0 Å². The summed E-state index contributed by atoms with van der Waals surface area (Å²) in [6.07, 6.45) is 3.74. The molecule has 2 aliphatic heterocycles. The number of piperidine rings is 1. The van der Waals surface area contributed by atoms with Crippen LogP contribution < -0.4 is 5.32 Å². The molecule has 0 atom stereocenters. The maximum absolute atomic E-state index is 6.18. The van der Waals surface area contributed by atoms with Gasteiger partial charge in [0.1, 0.15) is 5.15 Å². The third-order valence-electron chi connectivity index (χ3n) is 3.36. The number of hydrogen-bond donors (Lipinski definition) is 1. The maximum Gasteiger partial charge on any atom is 0.135 e. The Bertz CT molecular complexity index is 383. The zero-order valence-corrected chi connectivity index (χ0v) is 9.18. The second kappa shape index (κ2) is 3.44. The molecule has 15 heavy (non-hydrogen) atoms. The van der Waals surface area contributed by atoms with Crippen molar-refractivity contribution in [3.63, 3.8) is 0 Å². The Hall–Kier alpha value is -0.640. The van der Waals surface area contributed by atoms with Gasteiger partial charge in [0.2, 0.25) is 0 Å². The van der Waals surface area contributed by atoms with E-state index in [0.717, 1.165) is 31.5 Å². The van der Waals surface area contributed by atoms with Crippen LogP contribution in [-0.4, -0.2) is 18.1 Å². The van der Waals surface area contributed by atoms with E-state index in [1.807, 2.05) is 6.07 Å². The van der Waals surface area contributed by atoms with Crippen molar-refractivity contribution in [2.24, 2.45) is 0 Å². The first-order valence-corrected chi connectivity index (χ1v) is 5.68. The molecule has 3 rings (SSSR count). The van der Waals surface area contributed by atoms with Crippen LogP contribution in [0.3, 0.4) is 0 Å². The molecule has 1 aromatic heterocycles. The molecule has 1 N–H and O–H groups in total. The largest absolute Gasteiger partial charge is 0.365 e. The minimum Gasteiger partial charge on any atom is -0.365 e. The van der Waals surface area contributed by atoms with Crippen molar-refractivity contribution in [2.75, 3.05) is 13.1 Å². The predicted molar refractivity (Wildman–Crippen MR) is 57.8 cm³/mol. The molecule has 0 radical (unpaired) electrons. The second-order valence-corrected chi connectivity index (χ2v) is 4.53. The zero-order valence-electron chi connectivity index (χ0n) is 8.42. The smallest absolute Gasteiger partial charge is 0.135 e. The summed E-state index contributed by atoms with van der Waals surface area (Å²) in [6, 6.07) is 2.01. The van der Waals surface area contributed by atoms with E-state index in [1.54, 1.807) is 6.20 Å². The summed E-state index contributed by atoms with van der Waals surface area (Å²) >= 11 is 6.18. The van der Waals surface area contributed by atoms with Gasteiger partial charge < -0.3 is 10.1 Å². The summed E-state index contributed by atoms with van der Waals surface area (Å²) in [6.45, 7) is 2.66. The van der Waals surface area contributed by atoms with Crippen molar-refractivity contribution in [3.8, 4) is 0 Å². The van der Waals surface area contributed by atoms with Crippen LogP contribution in [0.4, 0.5) is 0 Å². The molecule has 0 aliphatic carbocycles. The summed E-state index contributed by atoms with van der Waals surface area (Å²) < 4.78 is 5.97. The van der Waals surface area contributed by atoms with Crippen molar-refractivity contribution in [2.45, 2.75) is 25.0 Å². The van der Waals surface area contributed by atoms with E-state index in [9.17, 15) is 0 Å². The van der Waals surface area contributed by atoms with Crippen molar-refractivity contribution in [1.29, 1.82) is 0 Å². The molecule has 1 fully saturated rings. The number of aromatic nitrogens is 1. The SMILES string of the molecule is Clc1nccc2c1C1(CCNCC1)OC2. The fraction of sp³-hybridized carbons (Fsp3) is 0.545.